The van der Waals surface area contributed by atoms with Crippen LogP contribution in [0.4, 0.5) is 11.4 Å². The van der Waals surface area contributed by atoms with Crippen LogP contribution in [-0.4, -0.2) is 32.1 Å². The van der Waals surface area contributed by atoms with Crippen molar-refractivity contribution in [3.05, 3.63) is 24.3 Å². The number of piperazine rings is 1. The average Bonchev–Trinajstić information content (AvgIpc) is 2.49. The number of nitrogens with zero attached hydrogens (tertiary/aromatic N) is 1. The first-order chi connectivity index (χ1) is 9.79. The topological polar surface area (TPSA) is 44.4 Å². The van der Waals surface area contributed by atoms with Gasteiger partial charge in [0.2, 0.25) is 5.91 Å². The Labute approximate surface area is 121 Å². The van der Waals surface area contributed by atoms with Crippen molar-refractivity contribution in [2.24, 2.45) is 0 Å². The number of carbonyl (C=O) groups is 1. The third kappa shape index (κ3) is 4.53. The maximum atomic E-state index is 11.7. The SMILES string of the molecule is CCCCCC(=O)Nc1ccc(N2CCNCC2)cc1. The van der Waals surface area contributed by atoms with Crippen molar-refractivity contribution in [3.63, 3.8) is 0 Å². The number of rotatable bonds is 6. The van der Waals surface area contributed by atoms with Gasteiger partial charge in [-0.3, -0.25) is 4.79 Å². The lowest BCUT2D eigenvalue weighted by Crippen LogP contribution is -2.43. The van der Waals surface area contributed by atoms with Crippen LogP contribution in [0.25, 0.3) is 0 Å². The normalized spacial score (nSPS) is 15.2. The molecule has 2 N–H and O–H groups in total. The highest BCUT2D eigenvalue weighted by Crippen LogP contribution is 2.18. The van der Waals surface area contributed by atoms with Crippen LogP contribution in [0.15, 0.2) is 24.3 Å². The molecule has 110 valence electrons. The number of unbranched alkanes of at least 4 members (excludes halogenated alkanes) is 2. The molecule has 0 saturated carbocycles. The van der Waals surface area contributed by atoms with Crippen molar-refractivity contribution in [1.82, 2.24) is 5.32 Å². The lowest BCUT2D eigenvalue weighted by atomic mass is 10.2. The fourth-order valence-corrected chi connectivity index (χ4v) is 2.44. The molecule has 1 aliphatic rings. The summed E-state index contributed by atoms with van der Waals surface area (Å²) in [5, 5.41) is 6.31. The van der Waals surface area contributed by atoms with Crippen LogP contribution in [0, 0.1) is 0 Å². The van der Waals surface area contributed by atoms with Gasteiger partial charge < -0.3 is 15.5 Å². The summed E-state index contributed by atoms with van der Waals surface area (Å²) in [6, 6.07) is 8.17. The second-order valence-electron chi connectivity index (χ2n) is 5.29. The monoisotopic (exact) mass is 275 g/mol. The third-order valence-electron chi connectivity index (χ3n) is 3.64. The highest BCUT2D eigenvalue weighted by molar-refractivity contribution is 5.90. The van der Waals surface area contributed by atoms with Crippen molar-refractivity contribution in [2.75, 3.05) is 36.4 Å². The minimum absolute atomic E-state index is 0.119. The molecule has 0 spiro atoms. The van der Waals surface area contributed by atoms with Gasteiger partial charge in [0, 0.05) is 44.0 Å². The number of anilines is 2. The van der Waals surface area contributed by atoms with Crippen molar-refractivity contribution in [3.8, 4) is 0 Å². The highest BCUT2D eigenvalue weighted by atomic mass is 16.1. The van der Waals surface area contributed by atoms with Crippen molar-refractivity contribution in [2.45, 2.75) is 32.6 Å². The smallest absolute Gasteiger partial charge is 0.224 e. The molecule has 2 rings (SSSR count). The predicted octanol–water partition coefficient (Wildman–Crippen LogP) is 2.62. The maximum absolute atomic E-state index is 11.7. The Morgan fingerprint density at radius 2 is 1.90 bits per heavy atom. The van der Waals surface area contributed by atoms with E-state index >= 15 is 0 Å². The zero-order valence-corrected chi connectivity index (χ0v) is 12.3. The minimum atomic E-state index is 0.119. The fraction of sp³-hybridized carbons (Fsp3) is 0.562. The lowest BCUT2D eigenvalue weighted by Gasteiger charge is -2.29. The second kappa shape index (κ2) is 7.90. The first-order valence-corrected chi connectivity index (χ1v) is 7.65. The zero-order chi connectivity index (χ0) is 14.2. The van der Waals surface area contributed by atoms with Crippen LogP contribution in [0.3, 0.4) is 0 Å². The number of carbonyl (C=O) groups excluding carboxylic acids is 1. The standard InChI is InChI=1S/C16H25N3O/c1-2-3-4-5-16(20)18-14-6-8-15(9-7-14)19-12-10-17-11-13-19/h6-9,17H,2-5,10-13H2,1H3,(H,18,20). The first-order valence-electron chi connectivity index (χ1n) is 7.65. The Morgan fingerprint density at radius 3 is 2.55 bits per heavy atom. The van der Waals surface area contributed by atoms with Gasteiger partial charge in [-0.1, -0.05) is 19.8 Å². The van der Waals surface area contributed by atoms with Gasteiger partial charge in [0.25, 0.3) is 0 Å². The van der Waals surface area contributed by atoms with Gasteiger partial charge in [-0.05, 0) is 30.7 Å². The van der Waals surface area contributed by atoms with Crippen molar-refractivity contribution < 1.29 is 4.79 Å². The summed E-state index contributed by atoms with van der Waals surface area (Å²) in [4.78, 5) is 14.1. The van der Waals surface area contributed by atoms with E-state index < -0.39 is 0 Å². The number of benzene rings is 1. The number of hydrogen-bond acceptors (Lipinski definition) is 3. The van der Waals surface area contributed by atoms with Crippen LogP contribution in [0.1, 0.15) is 32.6 Å². The molecule has 20 heavy (non-hydrogen) atoms. The Kier molecular flexibility index (Phi) is 5.87. The zero-order valence-electron chi connectivity index (χ0n) is 12.3. The maximum Gasteiger partial charge on any atom is 0.224 e. The molecule has 1 heterocycles. The minimum Gasteiger partial charge on any atom is -0.369 e. The molecule has 0 unspecified atom stereocenters. The Bertz CT molecular complexity index is 410. The summed E-state index contributed by atoms with van der Waals surface area (Å²) in [6.07, 6.45) is 3.86. The van der Waals surface area contributed by atoms with E-state index in [9.17, 15) is 4.79 Å². The van der Waals surface area contributed by atoms with Gasteiger partial charge in [0.15, 0.2) is 0 Å². The molecular formula is C16H25N3O. The Balaban J connectivity index is 1.83. The van der Waals surface area contributed by atoms with Gasteiger partial charge in [-0.15, -0.1) is 0 Å². The molecule has 4 heteroatoms. The van der Waals surface area contributed by atoms with E-state index in [0.717, 1.165) is 51.1 Å². The molecule has 1 aromatic rings. The quantitative estimate of drug-likeness (QED) is 0.784. The third-order valence-corrected chi connectivity index (χ3v) is 3.64. The van der Waals surface area contributed by atoms with Crippen LogP contribution < -0.4 is 15.5 Å². The van der Waals surface area contributed by atoms with E-state index in [2.05, 4.69) is 34.6 Å². The molecule has 1 aromatic carbocycles. The van der Waals surface area contributed by atoms with E-state index in [1.165, 1.54) is 5.69 Å². The summed E-state index contributed by atoms with van der Waals surface area (Å²) in [7, 11) is 0. The van der Waals surface area contributed by atoms with Gasteiger partial charge in [-0.25, -0.2) is 0 Å². The summed E-state index contributed by atoms with van der Waals surface area (Å²) in [5.74, 6) is 0.119. The van der Waals surface area contributed by atoms with Gasteiger partial charge in [0.1, 0.15) is 0 Å². The molecule has 0 bridgehead atoms. The first kappa shape index (κ1) is 14.9. The molecule has 0 radical (unpaired) electrons. The molecule has 0 aromatic heterocycles. The molecule has 1 saturated heterocycles. The molecule has 4 nitrogen and oxygen atoms in total. The fourth-order valence-electron chi connectivity index (χ4n) is 2.44. The van der Waals surface area contributed by atoms with Crippen LogP contribution in [-0.2, 0) is 4.79 Å². The van der Waals surface area contributed by atoms with Crippen LogP contribution in [0.5, 0.6) is 0 Å². The molecule has 0 atom stereocenters. The van der Waals surface area contributed by atoms with E-state index in [1.807, 2.05) is 12.1 Å². The summed E-state index contributed by atoms with van der Waals surface area (Å²) >= 11 is 0. The number of nitrogens with one attached hydrogen (secondary N) is 2. The van der Waals surface area contributed by atoms with E-state index in [-0.39, 0.29) is 5.91 Å². The van der Waals surface area contributed by atoms with E-state index in [1.54, 1.807) is 0 Å². The van der Waals surface area contributed by atoms with Crippen molar-refractivity contribution in [1.29, 1.82) is 0 Å². The largest absolute Gasteiger partial charge is 0.369 e. The van der Waals surface area contributed by atoms with E-state index in [0.29, 0.717) is 6.42 Å². The number of hydrogen-bond donors (Lipinski definition) is 2. The Hall–Kier alpha value is -1.55. The van der Waals surface area contributed by atoms with Crippen LogP contribution in [0.2, 0.25) is 0 Å². The number of amides is 1. The average molecular weight is 275 g/mol. The molecule has 1 fully saturated rings. The molecule has 1 aliphatic heterocycles. The molecule has 0 aliphatic carbocycles. The second-order valence-corrected chi connectivity index (χ2v) is 5.29. The lowest BCUT2D eigenvalue weighted by molar-refractivity contribution is -0.116. The summed E-state index contributed by atoms with van der Waals surface area (Å²) in [5.41, 5.74) is 2.13. The Morgan fingerprint density at radius 1 is 1.20 bits per heavy atom. The van der Waals surface area contributed by atoms with Gasteiger partial charge >= 0.3 is 0 Å². The summed E-state index contributed by atoms with van der Waals surface area (Å²) < 4.78 is 0. The molecule has 1 amide bonds. The summed E-state index contributed by atoms with van der Waals surface area (Å²) in [6.45, 7) is 6.31. The highest BCUT2D eigenvalue weighted by Gasteiger charge is 2.10. The van der Waals surface area contributed by atoms with E-state index in [4.69, 9.17) is 0 Å². The van der Waals surface area contributed by atoms with Gasteiger partial charge in [-0.2, -0.15) is 0 Å². The van der Waals surface area contributed by atoms with Gasteiger partial charge in [0.05, 0.1) is 0 Å². The van der Waals surface area contributed by atoms with Crippen LogP contribution >= 0.6 is 0 Å². The molecular weight excluding hydrogens is 250 g/mol. The van der Waals surface area contributed by atoms with Crippen molar-refractivity contribution >= 4 is 17.3 Å². The predicted molar refractivity (Wildman–Crippen MR) is 84.3 cm³/mol.